The first-order chi connectivity index (χ1) is 24.7. The third-order valence-corrected chi connectivity index (χ3v) is 10.9. The average Bonchev–Trinajstić information content (AvgIpc) is 3.73. The molecule has 0 bridgehead atoms. The van der Waals surface area contributed by atoms with Gasteiger partial charge in [-0.25, -0.2) is 4.39 Å². The number of thiophene rings is 1. The fourth-order valence-electron chi connectivity index (χ4n) is 7.56. The summed E-state index contributed by atoms with van der Waals surface area (Å²) in [5.41, 5.74) is 8.83. The van der Waals surface area contributed by atoms with Crippen LogP contribution in [0.4, 0.5) is 21.5 Å². The Morgan fingerprint density at radius 1 is 0.460 bits per heavy atom. The van der Waals surface area contributed by atoms with Gasteiger partial charge in [0.05, 0.1) is 11.4 Å². The second-order valence-corrected chi connectivity index (χ2v) is 13.7. The molecule has 2 heterocycles. The number of hydrogen-bond acceptors (Lipinski definition) is 3. The molecular weight excluding hydrogens is 634 g/mol. The van der Waals surface area contributed by atoms with Crippen molar-refractivity contribution >= 4 is 81.3 Å². The lowest BCUT2D eigenvalue weighted by molar-refractivity contribution is 0.628. The molecule has 0 spiro atoms. The van der Waals surface area contributed by atoms with Gasteiger partial charge in [-0.1, -0.05) is 109 Å². The maximum absolute atomic E-state index is 14.6. The summed E-state index contributed by atoms with van der Waals surface area (Å²) in [6, 6.07) is 58.2. The van der Waals surface area contributed by atoms with Crippen LogP contribution in [0, 0.1) is 5.82 Å². The molecule has 50 heavy (non-hydrogen) atoms. The van der Waals surface area contributed by atoms with Crippen molar-refractivity contribution in [3.63, 3.8) is 0 Å². The lowest BCUT2D eigenvalue weighted by Gasteiger charge is -2.29. The highest BCUT2D eigenvalue weighted by molar-refractivity contribution is 7.26. The van der Waals surface area contributed by atoms with Crippen molar-refractivity contribution in [2.45, 2.75) is 0 Å². The molecule has 2 aromatic heterocycles. The first kappa shape index (κ1) is 28.8. The van der Waals surface area contributed by atoms with E-state index in [0.29, 0.717) is 0 Å². The summed E-state index contributed by atoms with van der Waals surface area (Å²) in [5.74, 6) is -0.249. The number of fused-ring (bicyclic) bond motifs is 7. The highest BCUT2D eigenvalue weighted by Crippen LogP contribution is 2.49. The average molecular weight is 662 g/mol. The molecule has 8 aromatic carbocycles. The van der Waals surface area contributed by atoms with Crippen LogP contribution in [-0.4, -0.2) is 0 Å². The fourth-order valence-corrected chi connectivity index (χ4v) is 8.69. The van der Waals surface area contributed by atoms with E-state index in [-0.39, 0.29) is 5.82 Å². The van der Waals surface area contributed by atoms with Gasteiger partial charge in [0, 0.05) is 48.3 Å². The van der Waals surface area contributed by atoms with E-state index in [9.17, 15) is 4.39 Å². The molecule has 0 fully saturated rings. The third kappa shape index (κ3) is 4.53. The normalized spacial score (nSPS) is 11.7. The number of hydrogen-bond donors (Lipinski definition) is 0. The van der Waals surface area contributed by atoms with Crippen molar-refractivity contribution in [1.82, 2.24) is 0 Å². The third-order valence-electron chi connectivity index (χ3n) is 9.72. The Balaban J connectivity index is 1.28. The Labute approximate surface area is 291 Å². The number of halogens is 1. The van der Waals surface area contributed by atoms with Gasteiger partial charge in [-0.05, 0) is 82.1 Å². The second-order valence-electron chi connectivity index (χ2n) is 12.6. The maximum Gasteiger partial charge on any atom is 0.137 e. The Morgan fingerprint density at radius 2 is 1.14 bits per heavy atom. The fraction of sp³-hybridized carbons (Fsp3) is 0. The van der Waals surface area contributed by atoms with E-state index in [1.54, 1.807) is 12.1 Å². The van der Waals surface area contributed by atoms with Gasteiger partial charge in [0.2, 0.25) is 0 Å². The molecule has 2 nitrogen and oxygen atoms in total. The first-order valence-corrected chi connectivity index (χ1v) is 17.5. The number of para-hydroxylation sites is 2. The molecule has 236 valence electrons. The van der Waals surface area contributed by atoms with Gasteiger partial charge >= 0.3 is 0 Å². The van der Waals surface area contributed by atoms with E-state index in [0.717, 1.165) is 72.0 Å². The summed E-state index contributed by atoms with van der Waals surface area (Å²) >= 11 is 1.82. The van der Waals surface area contributed by atoms with Crippen molar-refractivity contribution in [2.24, 2.45) is 0 Å². The van der Waals surface area contributed by atoms with Crippen LogP contribution in [0.25, 0.3) is 75.1 Å². The number of nitrogens with zero attached hydrogens (tertiary/aromatic N) is 1. The summed E-state index contributed by atoms with van der Waals surface area (Å²) < 4.78 is 23.5. The molecule has 0 aliphatic heterocycles. The zero-order valence-corrected chi connectivity index (χ0v) is 27.6. The van der Waals surface area contributed by atoms with Gasteiger partial charge in [-0.2, -0.15) is 0 Å². The van der Waals surface area contributed by atoms with Crippen LogP contribution in [0.1, 0.15) is 0 Å². The van der Waals surface area contributed by atoms with Crippen molar-refractivity contribution in [1.29, 1.82) is 0 Å². The smallest absolute Gasteiger partial charge is 0.137 e. The van der Waals surface area contributed by atoms with Gasteiger partial charge in [-0.3, -0.25) is 0 Å². The molecule has 0 amide bonds. The van der Waals surface area contributed by atoms with E-state index in [1.165, 1.54) is 26.2 Å². The van der Waals surface area contributed by atoms with Crippen LogP contribution >= 0.6 is 11.3 Å². The largest absolute Gasteiger partial charge is 0.456 e. The molecule has 10 aromatic rings. The summed E-state index contributed by atoms with van der Waals surface area (Å²) in [5, 5.41) is 6.82. The van der Waals surface area contributed by atoms with Gasteiger partial charge in [0.15, 0.2) is 0 Å². The standard InChI is InChI=1S/C46H28FNOS/c47-31-14-7-13-30(27-31)33-18-8-11-29-12-9-19-37(45(29)33)34-15-1-4-20-39(34)48(32-25-26-36-35-16-2-5-22-41(35)49-42(36)28-32)40-21-10-24-44-46(40)38-17-3-6-23-43(38)50-44/h1-28H. The van der Waals surface area contributed by atoms with Crippen LogP contribution in [0.2, 0.25) is 0 Å². The van der Waals surface area contributed by atoms with Crippen molar-refractivity contribution in [3.8, 4) is 22.3 Å². The maximum atomic E-state index is 14.6. The highest BCUT2D eigenvalue weighted by Gasteiger charge is 2.23. The monoisotopic (exact) mass is 661 g/mol. The van der Waals surface area contributed by atoms with Crippen molar-refractivity contribution in [2.75, 3.05) is 4.90 Å². The van der Waals surface area contributed by atoms with E-state index < -0.39 is 0 Å². The summed E-state index contributed by atoms with van der Waals surface area (Å²) in [6.45, 7) is 0. The summed E-state index contributed by atoms with van der Waals surface area (Å²) in [6.07, 6.45) is 0. The number of rotatable bonds is 5. The Hall–Kier alpha value is -6.23. The number of furan rings is 1. The van der Waals surface area contributed by atoms with Gasteiger partial charge in [0.1, 0.15) is 17.0 Å². The highest BCUT2D eigenvalue weighted by atomic mass is 32.1. The Bertz CT molecular complexity index is 2910. The Kier molecular flexibility index (Phi) is 6.58. The molecule has 0 saturated carbocycles. The van der Waals surface area contributed by atoms with Gasteiger partial charge < -0.3 is 9.32 Å². The molecule has 0 aliphatic rings. The topological polar surface area (TPSA) is 16.4 Å². The number of anilines is 3. The second kappa shape index (κ2) is 11.4. The van der Waals surface area contributed by atoms with Crippen LogP contribution in [0.3, 0.4) is 0 Å². The molecule has 0 N–H and O–H groups in total. The molecule has 4 heteroatoms. The van der Waals surface area contributed by atoms with Crippen LogP contribution in [-0.2, 0) is 0 Å². The van der Waals surface area contributed by atoms with Gasteiger partial charge in [-0.15, -0.1) is 11.3 Å². The SMILES string of the molecule is Fc1cccc(-c2cccc3cccc(-c4ccccc4N(c4ccc5c(c4)oc4ccccc45)c4cccc5sc6ccccc6c45)c23)c1. The van der Waals surface area contributed by atoms with Crippen LogP contribution < -0.4 is 4.90 Å². The minimum absolute atomic E-state index is 0.249. The Morgan fingerprint density at radius 3 is 2.04 bits per heavy atom. The zero-order chi connectivity index (χ0) is 33.2. The first-order valence-electron chi connectivity index (χ1n) is 16.7. The predicted molar refractivity (Wildman–Crippen MR) is 210 cm³/mol. The molecular formula is C46H28FNOS. The summed E-state index contributed by atoms with van der Waals surface area (Å²) in [7, 11) is 0. The molecule has 0 aliphatic carbocycles. The van der Waals surface area contributed by atoms with E-state index in [2.05, 4.69) is 138 Å². The molecule has 0 radical (unpaired) electrons. The van der Waals surface area contributed by atoms with Crippen molar-refractivity contribution in [3.05, 3.63) is 176 Å². The molecule has 0 unspecified atom stereocenters. The predicted octanol–water partition coefficient (Wildman–Crippen LogP) is 14.0. The summed E-state index contributed by atoms with van der Waals surface area (Å²) in [4.78, 5) is 2.38. The van der Waals surface area contributed by atoms with Crippen molar-refractivity contribution < 1.29 is 8.81 Å². The van der Waals surface area contributed by atoms with E-state index in [1.807, 2.05) is 29.5 Å². The van der Waals surface area contributed by atoms with Gasteiger partial charge in [0.25, 0.3) is 0 Å². The molecule has 0 saturated heterocycles. The molecule has 0 atom stereocenters. The quantitative estimate of drug-likeness (QED) is 0.182. The minimum atomic E-state index is -0.249. The lowest BCUT2D eigenvalue weighted by Crippen LogP contribution is -2.11. The zero-order valence-electron chi connectivity index (χ0n) is 26.8. The van der Waals surface area contributed by atoms with E-state index >= 15 is 0 Å². The molecule has 10 rings (SSSR count). The van der Waals surface area contributed by atoms with Crippen LogP contribution in [0.5, 0.6) is 0 Å². The lowest BCUT2D eigenvalue weighted by atomic mass is 9.90. The minimum Gasteiger partial charge on any atom is -0.456 e. The van der Waals surface area contributed by atoms with E-state index in [4.69, 9.17) is 4.42 Å². The van der Waals surface area contributed by atoms with Crippen LogP contribution in [0.15, 0.2) is 174 Å². The number of benzene rings is 8.